The van der Waals surface area contributed by atoms with Crippen molar-refractivity contribution in [2.75, 3.05) is 23.9 Å². The average molecular weight is 284 g/mol. The Labute approximate surface area is 111 Å². The highest BCUT2D eigenvalue weighted by Gasteiger charge is 2.19. The van der Waals surface area contributed by atoms with Crippen molar-refractivity contribution in [2.24, 2.45) is 0 Å². The van der Waals surface area contributed by atoms with Crippen LogP contribution in [-0.4, -0.2) is 43.0 Å². The van der Waals surface area contributed by atoms with Crippen LogP contribution in [0.1, 0.15) is 28.0 Å². The van der Waals surface area contributed by atoms with Gasteiger partial charge in [0.05, 0.1) is 5.75 Å². The number of fused-ring (bicyclic) bond motifs is 1. The Morgan fingerprint density at radius 2 is 2.21 bits per heavy atom. The van der Waals surface area contributed by atoms with E-state index < -0.39 is 15.8 Å². The van der Waals surface area contributed by atoms with E-state index >= 15 is 0 Å². The molecule has 104 valence electrons. The summed E-state index contributed by atoms with van der Waals surface area (Å²) in [5, 5.41) is 12.0. The van der Waals surface area contributed by atoms with Gasteiger partial charge in [0.15, 0.2) is 0 Å². The van der Waals surface area contributed by atoms with E-state index in [4.69, 9.17) is 5.11 Å². The molecular weight excluding hydrogens is 268 g/mol. The standard InChI is InChI=1S/C12H16N2O4S/c1-19(17,18)6-5-13-11-9(12(15)16)7-8-3-2-4-10(8)14-11/h7H,2-6H2,1H3,(H,13,14)(H,15,16). The number of anilines is 1. The maximum Gasteiger partial charge on any atom is 0.339 e. The molecular formula is C12H16N2O4S. The topological polar surface area (TPSA) is 96.4 Å². The predicted octanol–water partition coefficient (Wildman–Crippen LogP) is 0.725. The lowest BCUT2D eigenvalue weighted by Crippen LogP contribution is -2.17. The van der Waals surface area contributed by atoms with Crippen molar-refractivity contribution < 1.29 is 18.3 Å². The summed E-state index contributed by atoms with van der Waals surface area (Å²) in [6.07, 6.45) is 3.82. The fourth-order valence-corrected chi connectivity index (χ4v) is 2.60. The second-order valence-corrected chi connectivity index (χ2v) is 6.97. The van der Waals surface area contributed by atoms with E-state index in [0.717, 1.165) is 36.8 Å². The summed E-state index contributed by atoms with van der Waals surface area (Å²) in [5.41, 5.74) is 1.99. The maximum atomic E-state index is 11.2. The number of pyridine rings is 1. The number of hydrogen-bond acceptors (Lipinski definition) is 5. The summed E-state index contributed by atoms with van der Waals surface area (Å²) in [7, 11) is -3.08. The molecule has 6 nitrogen and oxygen atoms in total. The first-order chi connectivity index (χ1) is 8.87. The fraction of sp³-hybridized carbons (Fsp3) is 0.500. The van der Waals surface area contributed by atoms with Crippen molar-refractivity contribution >= 4 is 21.6 Å². The average Bonchev–Trinajstić information content (AvgIpc) is 2.72. The number of carboxylic acid groups (broad SMARTS) is 1. The zero-order valence-corrected chi connectivity index (χ0v) is 11.5. The van der Waals surface area contributed by atoms with Crippen LogP contribution in [0.4, 0.5) is 5.82 Å². The van der Waals surface area contributed by atoms with Crippen LogP contribution in [0, 0.1) is 0 Å². The van der Waals surface area contributed by atoms with Crippen molar-refractivity contribution in [3.05, 3.63) is 22.9 Å². The molecule has 0 fully saturated rings. The minimum atomic E-state index is -3.08. The molecule has 0 saturated carbocycles. The largest absolute Gasteiger partial charge is 0.478 e. The number of rotatable bonds is 5. The van der Waals surface area contributed by atoms with Crippen LogP contribution >= 0.6 is 0 Å². The van der Waals surface area contributed by atoms with Crippen molar-refractivity contribution in [3.8, 4) is 0 Å². The van der Waals surface area contributed by atoms with Gasteiger partial charge in [-0.1, -0.05) is 0 Å². The van der Waals surface area contributed by atoms with Gasteiger partial charge in [-0.25, -0.2) is 18.2 Å². The Kier molecular flexibility index (Phi) is 3.75. The Morgan fingerprint density at radius 3 is 2.84 bits per heavy atom. The molecule has 0 aliphatic heterocycles. The molecule has 0 aromatic carbocycles. The number of sulfone groups is 1. The number of aryl methyl sites for hydroxylation is 2. The lowest BCUT2D eigenvalue weighted by Gasteiger charge is -2.10. The van der Waals surface area contributed by atoms with E-state index in [9.17, 15) is 13.2 Å². The molecule has 0 bridgehead atoms. The fourth-order valence-electron chi connectivity index (χ4n) is 2.12. The van der Waals surface area contributed by atoms with Crippen LogP contribution in [-0.2, 0) is 22.7 Å². The number of nitrogens with one attached hydrogen (secondary N) is 1. The van der Waals surface area contributed by atoms with Crippen LogP contribution in [0.3, 0.4) is 0 Å². The molecule has 7 heteroatoms. The first-order valence-electron chi connectivity index (χ1n) is 6.04. The first-order valence-corrected chi connectivity index (χ1v) is 8.10. The molecule has 1 aromatic heterocycles. The molecule has 0 amide bonds. The number of nitrogens with zero attached hydrogens (tertiary/aromatic N) is 1. The molecule has 1 heterocycles. The van der Waals surface area contributed by atoms with E-state index in [2.05, 4.69) is 10.3 Å². The zero-order chi connectivity index (χ0) is 14.0. The SMILES string of the molecule is CS(=O)(=O)CCNc1nc2c(cc1C(=O)O)CCC2. The number of carboxylic acids is 1. The molecule has 0 radical (unpaired) electrons. The molecule has 1 aromatic rings. The summed E-state index contributed by atoms with van der Waals surface area (Å²) < 4.78 is 22.1. The van der Waals surface area contributed by atoms with Gasteiger partial charge in [0.1, 0.15) is 21.2 Å². The summed E-state index contributed by atoms with van der Waals surface area (Å²) in [6.45, 7) is 0.158. The second kappa shape index (κ2) is 5.16. The highest BCUT2D eigenvalue weighted by Crippen LogP contribution is 2.25. The third-order valence-electron chi connectivity index (χ3n) is 3.05. The zero-order valence-electron chi connectivity index (χ0n) is 10.6. The highest BCUT2D eigenvalue weighted by molar-refractivity contribution is 7.90. The van der Waals surface area contributed by atoms with Crippen molar-refractivity contribution in [1.82, 2.24) is 4.98 Å². The van der Waals surface area contributed by atoms with Crippen LogP contribution < -0.4 is 5.32 Å². The van der Waals surface area contributed by atoms with Gasteiger partial charge in [-0.3, -0.25) is 0 Å². The number of aromatic nitrogens is 1. The van der Waals surface area contributed by atoms with Crippen LogP contribution in [0.25, 0.3) is 0 Å². The van der Waals surface area contributed by atoms with Gasteiger partial charge < -0.3 is 10.4 Å². The van der Waals surface area contributed by atoms with E-state index in [-0.39, 0.29) is 23.7 Å². The van der Waals surface area contributed by atoms with Gasteiger partial charge in [-0.15, -0.1) is 0 Å². The van der Waals surface area contributed by atoms with Gasteiger partial charge in [0.2, 0.25) is 0 Å². The Bertz CT molecular complexity index is 610. The Hall–Kier alpha value is -1.63. The van der Waals surface area contributed by atoms with Crippen LogP contribution in [0.15, 0.2) is 6.07 Å². The van der Waals surface area contributed by atoms with E-state index in [1.54, 1.807) is 6.07 Å². The van der Waals surface area contributed by atoms with E-state index in [0.29, 0.717) is 0 Å². The number of aromatic carboxylic acids is 1. The normalized spacial score (nSPS) is 14.2. The number of hydrogen-bond donors (Lipinski definition) is 2. The minimum absolute atomic E-state index is 0.0508. The summed E-state index contributed by atoms with van der Waals surface area (Å²) in [5.74, 6) is -0.842. The minimum Gasteiger partial charge on any atom is -0.478 e. The molecule has 0 spiro atoms. The molecule has 2 N–H and O–H groups in total. The van der Waals surface area contributed by atoms with Gasteiger partial charge in [-0.2, -0.15) is 0 Å². The van der Waals surface area contributed by atoms with Gasteiger partial charge in [-0.05, 0) is 30.9 Å². The highest BCUT2D eigenvalue weighted by atomic mass is 32.2. The third kappa shape index (κ3) is 3.44. The smallest absolute Gasteiger partial charge is 0.339 e. The summed E-state index contributed by atoms with van der Waals surface area (Å²) >= 11 is 0. The predicted molar refractivity (Wildman–Crippen MR) is 71.4 cm³/mol. The van der Waals surface area contributed by atoms with Gasteiger partial charge in [0.25, 0.3) is 0 Å². The van der Waals surface area contributed by atoms with Crippen LogP contribution in [0.2, 0.25) is 0 Å². The van der Waals surface area contributed by atoms with E-state index in [1.807, 2.05) is 0 Å². The molecule has 1 aliphatic rings. The summed E-state index contributed by atoms with van der Waals surface area (Å²) in [4.78, 5) is 15.5. The van der Waals surface area contributed by atoms with Gasteiger partial charge >= 0.3 is 5.97 Å². The maximum absolute atomic E-state index is 11.2. The molecule has 0 saturated heterocycles. The van der Waals surface area contributed by atoms with Crippen molar-refractivity contribution in [2.45, 2.75) is 19.3 Å². The van der Waals surface area contributed by atoms with E-state index in [1.165, 1.54) is 0 Å². The quantitative estimate of drug-likeness (QED) is 0.827. The molecule has 1 aliphatic carbocycles. The second-order valence-electron chi connectivity index (χ2n) is 4.71. The molecule has 19 heavy (non-hydrogen) atoms. The van der Waals surface area contributed by atoms with Crippen molar-refractivity contribution in [3.63, 3.8) is 0 Å². The summed E-state index contributed by atoms with van der Waals surface area (Å²) in [6, 6.07) is 1.64. The van der Waals surface area contributed by atoms with Gasteiger partial charge in [0, 0.05) is 18.5 Å². The monoisotopic (exact) mass is 284 g/mol. The molecule has 2 rings (SSSR count). The number of carbonyl (C=O) groups is 1. The Balaban J connectivity index is 2.21. The Morgan fingerprint density at radius 1 is 1.47 bits per heavy atom. The first kappa shape index (κ1) is 13.8. The third-order valence-corrected chi connectivity index (χ3v) is 3.99. The van der Waals surface area contributed by atoms with Crippen LogP contribution in [0.5, 0.6) is 0 Å². The molecule has 0 atom stereocenters. The lowest BCUT2D eigenvalue weighted by atomic mass is 10.1. The lowest BCUT2D eigenvalue weighted by molar-refractivity contribution is 0.0697. The van der Waals surface area contributed by atoms with Crippen molar-refractivity contribution in [1.29, 1.82) is 0 Å². The molecule has 0 unspecified atom stereocenters.